The molecule has 0 saturated carbocycles. The summed E-state index contributed by atoms with van der Waals surface area (Å²) in [6.45, 7) is 12.6. The number of hydrogen-bond donors (Lipinski definition) is 2. The van der Waals surface area contributed by atoms with Gasteiger partial charge in [-0.25, -0.2) is 23.6 Å². The Balaban J connectivity index is 1.12. The molecule has 3 fully saturated rings. The molecule has 3 aromatic heterocycles. The normalized spacial score (nSPS) is 22.2. The summed E-state index contributed by atoms with van der Waals surface area (Å²) in [5, 5.41) is 7.18. The van der Waals surface area contributed by atoms with Crippen LogP contribution in [-0.2, 0) is 64.0 Å². The van der Waals surface area contributed by atoms with Crippen molar-refractivity contribution in [2.45, 2.75) is 129 Å². The number of alkyl halides is 3. The molecule has 9 rings (SSSR count). The van der Waals surface area contributed by atoms with Gasteiger partial charge < -0.3 is 38.8 Å². The molecule has 0 radical (unpaired) electrons. The van der Waals surface area contributed by atoms with Gasteiger partial charge in [-0.2, -0.15) is 0 Å². The zero-order valence-electron chi connectivity index (χ0n) is 44.5. The summed E-state index contributed by atoms with van der Waals surface area (Å²) in [5.74, 6) is -1.94. The lowest BCUT2D eigenvalue weighted by atomic mass is 9.84. The highest BCUT2D eigenvalue weighted by atomic mass is 32.1. The summed E-state index contributed by atoms with van der Waals surface area (Å²) in [6.07, 6.45) is 1.16. The number of carbonyl (C=O) groups is 5. The molecule has 76 heavy (non-hydrogen) atoms. The maximum Gasteiger partial charge on any atom is 0.324 e. The maximum atomic E-state index is 16.6. The number of esters is 1. The van der Waals surface area contributed by atoms with Crippen LogP contribution < -0.4 is 15.6 Å². The number of rotatable bonds is 9. The molecular weight excluding hydrogens is 1000 g/mol. The van der Waals surface area contributed by atoms with Gasteiger partial charge in [-0.15, -0.1) is 11.3 Å². The molecular formula is C55H68F3N9O8S. The average molecular weight is 1070 g/mol. The molecule has 5 aliphatic rings. The van der Waals surface area contributed by atoms with E-state index in [0.717, 1.165) is 21.5 Å². The van der Waals surface area contributed by atoms with Crippen molar-refractivity contribution in [3.05, 3.63) is 51.6 Å². The van der Waals surface area contributed by atoms with Crippen molar-refractivity contribution >= 4 is 57.5 Å². The number of ether oxygens (including phenoxy) is 3. The molecule has 0 aliphatic carbocycles. The number of benzene rings is 1. The van der Waals surface area contributed by atoms with Crippen LogP contribution in [0.3, 0.4) is 0 Å². The number of cyclic esters (lactones) is 1. The second kappa shape index (κ2) is 21.7. The molecule has 0 spiro atoms. The fourth-order valence-corrected chi connectivity index (χ4v) is 12.3. The molecule has 4 atom stereocenters. The van der Waals surface area contributed by atoms with Gasteiger partial charge in [0.25, 0.3) is 23.6 Å². The summed E-state index contributed by atoms with van der Waals surface area (Å²) in [7, 11) is 2.95. The highest BCUT2D eigenvalue weighted by molar-refractivity contribution is 7.10. The van der Waals surface area contributed by atoms with Gasteiger partial charge in [0.2, 0.25) is 5.91 Å². The summed E-state index contributed by atoms with van der Waals surface area (Å²) < 4.78 is 68.9. The van der Waals surface area contributed by atoms with E-state index in [1.165, 1.54) is 35.2 Å². The SMILES string of the molecule is CC#CC(=O)N1CCC(F)(C(=O)N(C)[C@H](C(=O)N[C@H]2Cc3nc(cs3)-c3cc4c5c(c3)c(c(-c3cc(N6CCOCC6)cnc3[C@H](C)OC)n5CC(F)(F)C4)CC(C)(C)COC(=O)[C@@H]3CCCN(N3)C2=O)C(C)C)CC1. The number of hydrazine groups is 1. The van der Waals surface area contributed by atoms with Crippen molar-refractivity contribution in [1.29, 1.82) is 0 Å². The van der Waals surface area contributed by atoms with E-state index < -0.39 is 89.7 Å². The molecule has 8 heterocycles. The number of fused-ring (bicyclic) bond motifs is 6. The Morgan fingerprint density at radius 3 is 2.46 bits per heavy atom. The number of piperidine rings is 1. The summed E-state index contributed by atoms with van der Waals surface area (Å²) >= 11 is 1.24. The van der Waals surface area contributed by atoms with Gasteiger partial charge in [0.1, 0.15) is 18.1 Å². The van der Waals surface area contributed by atoms with Crippen LogP contribution in [0.25, 0.3) is 33.4 Å². The minimum Gasteiger partial charge on any atom is -0.464 e. The zero-order valence-corrected chi connectivity index (χ0v) is 45.3. The first kappa shape index (κ1) is 54.7. The van der Waals surface area contributed by atoms with Gasteiger partial charge in [0, 0.05) is 99.9 Å². The minimum atomic E-state index is -3.15. The van der Waals surface area contributed by atoms with Crippen LogP contribution in [0.2, 0.25) is 0 Å². The van der Waals surface area contributed by atoms with Gasteiger partial charge in [-0.3, -0.25) is 34.0 Å². The van der Waals surface area contributed by atoms with Gasteiger partial charge >= 0.3 is 5.97 Å². The Morgan fingerprint density at radius 1 is 1.03 bits per heavy atom. The number of aromatic nitrogens is 3. The van der Waals surface area contributed by atoms with Crippen LogP contribution in [0.4, 0.5) is 18.9 Å². The lowest BCUT2D eigenvalue weighted by Crippen LogP contribution is -2.63. The molecule has 4 amide bonds. The number of pyridine rings is 1. The first-order chi connectivity index (χ1) is 36.1. The van der Waals surface area contributed by atoms with Crippen LogP contribution in [0.5, 0.6) is 0 Å². The number of methoxy groups -OCH3 is 1. The Bertz CT molecular complexity index is 2970. The third-order valence-electron chi connectivity index (χ3n) is 15.4. The number of nitrogens with zero attached hydrogens (tertiary/aromatic N) is 7. The quantitative estimate of drug-likeness (QED) is 0.147. The lowest BCUT2D eigenvalue weighted by molar-refractivity contribution is -0.156. The lowest BCUT2D eigenvalue weighted by Gasteiger charge is -2.40. The van der Waals surface area contributed by atoms with Crippen molar-refractivity contribution < 1.29 is 51.4 Å². The molecule has 5 aliphatic heterocycles. The topological polar surface area (TPSA) is 181 Å². The fraction of sp³-hybridized carbons (Fsp3) is 0.582. The first-order valence-electron chi connectivity index (χ1n) is 26.2. The number of thiazole rings is 1. The van der Waals surface area contributed by atoms with Gasteiger partial charge in [0.15, 0.2) is 5.67 Å². The Morgan fingerprint density at radius 2 is 1.76 bits per heavy atom. The highest BCUT2D eigenvalue weighted by Gasteiger charge is 2.48. The molecule has 4 aromatic rings. The number of likely N-dealkylation sites (tertiary alicyclic amines) is 1. The van der Waals surface area contributed by atoms with Crippen LogP contribution in [0.15, 0.2) is 29.8 Å². The number of carbonyl (C=O) groups excluding carboxylic acids is 5. The molecule has 408 valence electrons. The zero-order chi connectivity index (χ0) is 54.4. The van der Waals surface area contributed by atoms with E-state index in [4.69, 9.17) is 24.2 Å². The molecule has 0 unspecified atom stereocenters. The van der Waals surface area contributed by atoms with Crippen molar-refractivity contribution in [3.63, 3.8) is 0 Å². The molecule has 17 nitrogen and oxygen atoms in total. The highest BCUT2D eigenvalue weighted by Crippen LogP contribution is 2.48. The van der Waals surface area contributed by atoms with E-state index >= 15 is 13.2 Å². The number of anilines is 1. The van der Waals surface area contributed by atoms with Crippen molar-refractivity contribution in [1.82, 2.24) is 40.1 Å². The Kier molecular flexibility index (Phi) is 15.7. The fourth-order valence-electron chi connectivity index (χ4n) is 11.4. The van der Waals surface area contributed by atoms with E-state index in [2.05, 4.69) is 27.5 Å². The van der Waals surface area contributed by atoms with Crippen molar-refractivity contribution in [2.75, 3.05) is 71.6 Å². The molecule has 3 saturated heterocycles. The number of hydrogen-bond acceptors (Lipinski definition) is 13. The number of amides is 4. The van der Waals surface area contributed by atoms with Crippen LogP contribution in [0, 0.1) is 23.2 Å². The van der Waals surface area contributed by atoms with Gasteiger partial charge in [-0.1, -0.05) is 33.6 Å². The second-order valence-electron chi connectivity index (χ2n) is 22.0. The van der Waals surface area contributed by atoms with E-state index in [1.54, 1.807) is 43.2 Å². The van der Waals surface area contributed by atoms with E-state index in [-0.39, 0.29) is 45.5 Å². The second-order valence-corrected chi connectivity index (χ2v) is 22.9. The predicted molar refractivity (Wildman–Crippen MR) is 280 cm³/mol. The molecule has 1 aromatic carbocycles. The summed E-state index contributed by atoms with van der Waals surface area (Å²) in [4.78, 5) is 84.5. The van der Waals surface area contributed by atoms with Crippen molar-refractivity contribution in [3.8, 4) is 34.4 Å². The van der Waals surface area contributed by atoms with Crippen LogP contribution >= 0.6 is 11.3 Å². The van der Waals surface area contributed by atoms with E-state index in [1.807, 2.05) is 32.9 Å². The number of nitrogens with one attached hydrogen (secondary N) is 2. The molecule has 21 heteroatoms. The first-order valence-corrected chi connectivity index (χ1v) is 27.1. The van der Waals surface area contributed by atoms with E-state index in [9.17, 15) is 24.0 Å². The molecule has 6 bridgehead atoms. The third-order valence-corrected chi connectivity index (χ3v) is 16.3. The van der Waals surface area contributed by atoms with Crippen LogP contribution in [0.1, 0.15) is 95.2 Å². The Hall–Kier alpha value is -6.08. The maximum absolute atomic E-state index is 16.6. The predicted octanol–water partition coefficient (Wildman–Crippen LogP) is 6.05. The summed E-state index contributed by atoms with van der Waals surface area (Å²) in [5.41, 5.74) is 5.50. The number of morpholine rings is 1. The monoisotopic (exact) mass is 1070 g/mol. The molecule has 2 N–H and O–H groups in total. The summed E-state index contributed by atoms with van der Waals surface area (Å²) in [6, 6.07) is 2.31. The van der Waals surface area contributed by atoms with Crippen molar-refractivity contribution in [2.24, 2.45) is 11.3 Å². The average Bonchev–Trinajstić information content (AvgIpc) is 4.05. The number of halogens is 3. The number of likely N-dealkylation sites (N-methyl/N-ethyl adjacent to an activating group) is 1. The van der Waals surface area contributed by atoms with Crippen LogP contribution in [-0.4, -0.2) is 155 Å². The standard InChI is InChI=1S/C55H68F3N9O8S/c1-9-11-44(68)65-16-13-54(56,14-17-65)52(72)63(7)46(32(2)3)49(69)61-41-25-43-60-42(29-76-43)34-22-35-26-55(57,58)30-66-47(35)37(23-34)39(27-53(5,6)31-75-51(71)40-12-10-15-67(62-40)50(41)70)48(66)38-24-36(64-18-20-74-21-19-64)28-59-45(38)33(4)73-8/h22-24,28-29,32-33,40-41,46,62H,10,12-21,25-27,30-31H2,1-8H3,(H,61,69)/t33-,40-,41-,46-/m0/s1. The van der Waals surface area contributed by atoms with Gasteiger partial charge in [0.05, 0.1) is 72.0 Å². The Labute approximate surface area is 445 Å². The smallest absolute Gasteiger partial charge is 0.324 e. The van der Waals surface area contributed by atoms with E-state index in [0.29, 0.717) is 89.9 Å². The van der Waals surface area contributed by atoms with Gasteiger partial charge in [-0.05, 0) is 74.3 Å². The third kappa shape index (κ3) is 11.0. The minimum absolute atomic E-state index is 0.0306. The largest absolute Gasteiger partial charge is 0.464 e.